The molecule has 1 heterocycles. The summed E-state index contributed by atoms with van der Waals surface area (Å²) in [5.41, 5.74) is 0. The predicted octanol–water partition coefficient (Wildman–Crippen LogP) is 18.0. The fraction of sp³-hybridized carbons (Fsp3) is 0.870. The summed E-state index contributed by atoms with van der Waals surface area (Å²) in [5, 5.41) is 54.6. The number of unbranched alkanes of at least 4 members (excludes halogenated alkanes) is 43. The van der Waals surface area contributed by atoms with Crippen molar-refractivity contribution in [3.8, 4) is 0 Å². The fourth-order valence-electron chi connectivity index (χ4n) is 10.8. The van der Waals surface area contributed by atoms with Crippen LogP contribution in [0.3, 0.4) is 0 Å². The van der Waals surface area contributed by atoms with E-state index in [0.29, 0.717) is 6.42 Å². The number of carbonyl (C=O) groups excluding carboxylic acids is 1. The molecule has 9 heteroatoms. The number of hydrogen-bond acceptors (Lipinski definition) is 8. The van der Waals surface area contributed by atoms with Gasteiger partial charge in [0.2, 0.25) is 5.91 Å². The van der Waals surface area contributed by atoms with Crippen molar-refractivity contribution in [3.05, 3.63) is 48.6 Å². The van der Waals surface area contributed by atoms with Crippen LogP contribution in [0.2, 0.25) is 0 Å². The third-order valence-corrected chi connectivity index (χ3v) is 16.1. The minimum absolute atomic E-state index is 0.182. The first-order valence-corrected chi connectivity index (χ1v) is 33.9. The summed E-state index contributed by atoms with van der Waals surface area (Å²) >= 11 is 0. The van der Waals surface area contributed by atoms with Crippen molar-refractivity contribution in [1.29, 1.82) is 0 Å². The van der Waals surface area contributed by atoms with Gasteiger partial charge < -0.3 is 40.3 Å². The molecule has 0 aromatic carbocycles. The summed E-state index contributed by atoms with van der Waals surface area (Å²) in [6.07, 6.45) is 72.2. The molecule has 7 atom stereocenters. The summed E-state index contributed by atoms with van der Waals surface area (Å²) < 4.78 is 11.3. The molecule has 1 aliphatic rings. The van der Waals surface area contributed by atoms with Crippen LogP contribution in [0.25, 0.3) is 0 Å². The van der Waals surface area contributed by atoms with Gasteiger partial charge in [-0.15, -0.1) is 0 Å². The van der Waals surface area contributed by atoms with E-state index >= 15 is 0 Å². The Balaban J connectivity index is 2.12. The highest BCUT2D eigenvalue weighted by atomic mass is 16.7. The molecule has 1 fully saturated rings. The van der Waals surface area contributed by atoms with Crippen LogP contribution in [0.4, 0.5) is 0 Å². The van der Waals surface area contributed by atoms with Gasteiger partial charge in [0.25, 0.3) is 0 Å². The van der Waals surface area contributed by atoms with Crippen molar-refractivity contribution < 1.29 is 39.8 Å². The standard InChI is InChI=1S/C69H129NO8/c1-3-5-7-9-11-13-15-17-19-21-23-25-26-27-28-29-30-31-32-33-34-35-36-37-38-39-41-43-45-47-49-51-53-55-57-59-65(73)70-62(61-77-69-68(76)67(75)66(74)64(60-71)78-69)63(72)58-56-54-52-50-48-46-44-42-40-24-22-20-18-16-14-12-10-8-6-4-2/h26-27,29-30,48,50,56,58,62-64,66-69,71-72,74-76H,3-25,28,31-47,49,51-55,57,59-61H2,1-2H3,(H,70,73)/b27-26-,30-29-,50-48+,58-56+. The minimum atomic E-state index is -1.57. The Kier molecular flexibility index (Phi) is 55.5. The number of allylic oxidation sites excluding steroid dienone is 7. The zero-order valence-corrected chi connectivity index (χ0v) is 51.2. The average molecular weight is 1100 g/mol. The number of aliphatic hydroxyl groups is 5. The lowest BCUT2D eigenvalue weighted by molar-refractivity contribution is -0.302. The first kappa shape index (κ1) is 74.2. The van der Waals surface area contributed by atoms with Crippen LogP contribution >= 0.6 is 0 Å². The Morgan fingerprint density at radius 2 is 0.769 bits per heavy atom. The summed E-state index contributed by atoms with van der Waals surface area (Å²) in [7, 11) is 0. The van der Waals surface area contributed by atoms with Crippen molar-refractivity contribution in [2.24, 2.45) is 0 Å². The van der Waals surface area contributed by atoms with E-state index in [1.165, 1.54) is 263 Å². The van der Waals surface area contributed by atoms with Crippen LogP contribution in [0.1, 0.15) is 328 Å². The summed E-state index contributed by atoms with van der Waals surface area (Å²) in [4.78, 5) is 13.1. The molecule has 0 aromatic rings. The largest absolute Gasteiger partial charge is 0.394 e. The first-order chi connectivity index (χ1) is 38.3. The molecule has 0 saturated carbocycles. The van der Waals surface area contributed by atoms with Gasteiger partial charge in [-0.2, -0.15) is 0 Å². The van der Waals surface area contributed by atoms with Crippen LogP contribution < -0.4 is 5.32 Å². The lowest BCUT2D eigenvalue weighted by Gasteiger charge is -2.40. The van der Waals surface area contributed by atoms with E-state index in [9.17, 15) is 30.3 Å². The maximum Gasteiger partial charge on any atom is 0.220 e. The van der Waals surface area contributed by atoms with Crippen molar-refractivity contribution >= 4 is 5.91 Å². The van der Waals surface area contributed by atoms with E-state index in [4.69, 9.17) is 9.47 Å². The van der Waals surface area contributed by atoms with Gasteiger partial charge in [0, 0.05) is 6.42 Å². The topological polar surface area (TPSA) is 149 Å². The van der Waals surface area contributed by atoms with E-state index in [1.54, 1.807) is 6.08 Å². The Hall–Kier alpha value is -1.85. The second kappa shape index (κ2) is 58.4. The van der Waals surface area contributed by atoms with Crippen molar-refractivity contribution in [2.45, 2.75) is 371 Å². The SMILES string of the molecule is CCCCCCCCCCCCC/C=C\C/C=C\CCCCCCCCCCCCCCCCCCCC(=O)NC(COC1OC(CO)C(O)C(O)C1O)C(O)/C=C/CC/C=C/CCCCCCCCCCCCCCCC. The molecule has 7 unspecified atom stereocenters. The van der Waals surface area contributed by atoms with Gasteiger partial charge in [-0.25, -0.2) is 0 Å². The smallest absolute Gasteiger partial charge is 0.220 e. The molecular weight excluding hydrogens is 971 g/mol. The number of ether oxygens (including phenoxy) is 2. The quantitative estimate of drug-likeness (QED) is 0.0261. The molecule has 0 spiro atoms. The number of carbonyl (C=O) groups is 1. The summed E-state index contributed by atoms with van der Waals surface area (Å²) in [6, 6.07) is -0.823. The molecule has 0 aliphatic carbocycles. The van der Waals surface area contributed by atoms with E-state index < -0.39 is 49.5 Å². The van der Waals surface area contributed by atoms with Crippen LogP contribution in [0.5, 0.6) is 0 Å². The van der Waals surface area contributed by atoms with Gasteiger partial charge >= 0.3 is 0 Å². The second-order valence-corrected chi connectivity index (χ2v) is 23.6. The molecule has 0 radical (unpaired) electrons. The number of rotatable bonds is 59. The molecule has 1 rings (SSSR count). The normalized spacial score (nSPS) is 18.9. The Labute approximate surface area is 482 Å². The van der Waals surface area contributed by atoms with Crippen molar-refractivity contribution in [2.75, 3.05) is 13.2 Å². The van der Waals surface area contributed by atoms with Crippen LogP contribution in [-0.4, -0.2) is 87.5 Å². The zero-order valence-electron chi connectivity index (χ0n) is 51.2. The predicted molar refractivity (Wildman–Crippen MR) is 332 cm³/mol. The summed E-state index contributed by atoms with van der Waals surface area (Å²) in [6.45, 7) is 3.80. The third kappa shape index (κ3) is 46.7. The second-order valence-electron chi connectivity index (χ2n) is 23.6. The number of amides is 1. The van der Waals surface area contributed by atoms with Gasteiger partial charge in [-0.1, -0.05) is 306 Å². The zero-order chi connectivity index (χ0) is 56.5. The average Bonchev–Trinajstić information content (AvgIpc) is 3.45. The number of aliphatic hydroxyl groups excluding tert-OH is 5. The molecule has 6 N–H and O–H groups in total. The molecular formula is C69H129NO8. The highest BCUT2D eigenvalue weighted by Gasteiger charge is 2.44. The Morgan fingerprint density at radius 3 is 1.15 bits per heavy atom. The highest BCUT2D eigenvalue weighted by molar-refractivity contribution is 5.76. The molecule has 1 aliphatic heterocycles. The van der Waals surface area contributed by atoms with E-state index in [2.05, 4.69) is 55.6 Å². The van der Waals surface area contributed by atoms with Gasteiger partial charge in [0.1, 0.15) is 24.4 Å². The Bertz CT molecular complexity index is 1370. The number of nitrogens with one attached hydrogen (secondary N) is 1. The maximum absolute atomic E-state index is 13.1. The van der Waals surface area contributed by atoms with Crippen molar-refractivity contribution in [1.82, 2.24) is 5.32 Å². The first-order valence-electron chi connectivity index (χ1n) is 33.9. The van der Waals surface area contributed by atoms with Gasteiger partial charge in [0.05, 0.1) is 25.4 Å². The van der Waals surface area contributed by atoms with E-state index in [-0.39, 0.29) is 12.5 Å². The van der Waals surface area contributed by atoms with Crippen molar-refractivity contribution in [3.63, 3.8) is 0 Å². The summed E-state index contributed by atoms with van der Waals surface area (Å²) in [5.74, 6) is -0.182. The van der Waals surface area contributed by atoms with Crippen LogP contribution in [0, 0.1) is 0 Å². The van der Waals surface area contributed by atoms with E-state index in [0.717, 1.165) is 44.9 Å². The molecule has 458 valence electrons. The highest BCUT2D eigenvalue weighted by Crippen LogP contribution is 2.23. The lowest BCUT2D eigenvalue weighted by Crippen LogP contribution is -2.60. The molecule has 9 nitrogen and oxygen atoms in total. The third-order valence-electron chi connectivity index (χ3n) is 16.1. The molecule has 0 bridgehead atoms. The monoisotopic (exact) mass is 1100 g/mol. The van der Waals surface area contributed by atoms with Gasteiger partial charge in [0.15, 0.2) is 6.29 Å². The molecule has 1 saturated heterocycles. The molecule has 78 heavy (non-hydrogen) atoms. The van der Waals surface area contributed by atoms with Gasteiger partial charge in [-0.3, -0.25) is 4.79 Å². The van der Waals surface area contributed by atoms with Crippen LogP contribution in [-0.2, 0) is 14.3 Å². The van der Waals surface area contributed by atoms with Gasteiger partial charge in [-0.05, 0) is 64.2 Å². The molecule has 0 aromatic heterocycles. The van der Waals surface area contributed by atoms with E-state index in [1.807, 2.05) is 6.08 Å². The van der Waals surface area contributed by atoms with Crippen LogP contribution in [0.15, 0.2) is 48.6 Å². The Morgan fingerprint density at radius 1 is 0.436 bits per heavy atom. The lowest BCUT2D eigenvalue weighted by atomic mass is 9.99. The fourth-order valence-corrected chi connectivity index (χ4v) is 10.8. The maximum atomic E-state index is 13.1. The molecule has 1 amide bonds. The minimum Gasteiger partial charge on any atom is -0.394 e. The number of hydrogen-bond donors (Lipinski definition) is 6.